The van der Waals surface area contributed by atoms with Crippen molar-refractivity contribution < 1.29 is 4.74 Å². The number of hydrogen-bond acceptors (Lipinski definition) is 3. The number of anilines is 1. The van der Waals surface area contributed by atoms with Gasteiger partial charge in [-0.05, 0) is 52.3 Å². The number of pyridine rings is 1. The first-order valence-corrected chi connectivity index (χ1v) is 7.56. The average molecular weight is 384 g/mol. The SMILES string of the molecule is Nc1ccc(Oc2ccc(Cl)cc2Cl)c2ncc(Br)cc12. The van der Waals surface area contributed by atoms with Crippen LogP contribution in [0.4, 0.5) is 5.69 Å². The predicted molar refractivity (Wildman–Crippen MR) is 90.4 cm³/mol. The Labute approximate surface area is 139 Å². The summed E-state index contributed by atoms with van der Waals surface area (Å²) >= 11 is 15.4. The van der Waals surface area contributed by atoms with E-state index in [0.717, 1.165) is 9.86 Å². The minimum Gasteiger partial charge on any atom is -0.454 e. The van der Waals surface area contributed by atoms with Gasteiger partial charge in [0.25, 0.3) is 0 Å². The van der Waals surface area contributed by atoms with Crippen LogP contribution in [-0.2, 0) is 0 Å². The van der Waals surface area contributed by atoms with Crippen molar-refractivity contribution in [1.82, 2.24) is 4.98 Å². The third kappa shape index (κ3) is 2.93. The second-order valence-electron chi connectivity index (χ2n) is 4.38. The summed E-state index contributed by atoms with van der Waals surface area (Å²) in [7, 11) is 0. The maximum Gasteiger partial charge on any atom is 0.153 e. The molecule has 0 fully saturated rings. The number of nitrogens with two attached hydrogens (primary N) is 1. The van der Waals surface area contributed by atoms with Gasteiger partial charge < -0.3 is 10.5 Å². The van der Waals surface area contributed by atoms with Crippen LogP contribution in [-0.4, -0.2) is 4.98 Å². The van der Waals surface area contributed by atoms with Crippen molar-refractivity contribution in [2.75, 3.05) is 5.73 Å². The number of aromatic nitrogens is 1. The van der Waals surface area contributed by atoms with Gasteiger partial charge in [-0.1, -0.05) is 23.2 Å². The Morgan fingerprint density at radius 3 is 2.57 bits per heavy atom. The van der Waals surface area contributed by atoms with Gasteiger partial charge in [0.2, 0.25) is 0 Å². The zero-order chi connectivity index (χ0) is 15.0. The van der Waals surface area contributed by atoms with E-state index in [4.69, 9.17) is 33.7 Å². The van der Waals surface area contributed by atoms with Gasteiger partial charge in [-0.25, -0.2) is 0 Å². The molecular formula is C15H9BrCl2N2O. The van der Waals surface area contributed by atoms with Crippen molar-refractivity contribution in [3.05, 3.63) is 57.1 Å². The standard InChI is InChI=1S/C15H9BrCl2N2O/c16-8-5-10-12(19)2-4-14(15(10)20-7-8)21-13-3-1-9(17)6-11(13)18/h1-7H,19H2. The van der Waals surface area contributed by atoms with E-state index in [1.54, 1.807) is 36.5 Å². The number of benzene rings is 2. The Kier molecular flexibility index (Phi) is 3.93. The van der Waals surface area contributed by atoms with Gasteiger partial charge in [-0.3, -0.25) is 4.98 Å². The first kappa shape index (κ1) is 14.4. The minimum absolute atomic E-state index is 0.435. The van der Waals surface area contributed by atoms with Crippen LogP contribution in [0.2, 0.25) is 10.0 Å². The molecule has 0 radical (unpaired) electrons. The van der Waals surface area contributed by atoms with Gasteiger partial charge in [0, 0.05) is 26.8 Å². The van der Waals surface area contributed by atoms with Crippen LogP contribution >= 0.6 is 39.1 Å². The fraction of sp³-hybridized carbons (Fsp3) is 0. The summed E-state index contributed by atoms with van der Waals surface area (Å²) in [5.41, 5.74) is 7.28. The second-order valence-corrected chi connectivity index (χ2v) is 6.14. The molecule has 0 aliphatic rings. The molecule has 0 unspecified atom stereocenters. The maximum absolute atomic E-state index is 6.13. The third-order valence-corrected chi connectivity index (χ3v) is 3.89. The predicted octanol–water partition coefficient (Wildman–Crippen LogP) is 5.68. The summed E-state index contributed by atoms with van der Waals surface area (Å²) in [6, 6.07) is 10.5. The lowest BCUT2D eigenvalue weighted by Gasteiger charge is -2.11. The quantitative estimate of drug-likeness (QED) is 0.579. The molecule has 0 aliphatic heterocycles. The fourth-order valence-electron chi connectivity index (χ4n) is 1.95. The van der Waals surface area contributed by atoms with Gasteiger partial charge in [0.05, 0.1) is 5.02 Å². The lowest BCUT2D eigenvalue weighted by Crippen LogP contribution is -1.93. The van der Waals surface area contributed by atoms with E-state index in [9.17, 15) is 0 Å². The highest BCUT2D eigenvalue weighted by Crippen LogP contribution is 2.36. The number of ether oxygens (including phenoxy) is 1. The first-order valence-electron chi connectivity index (χ1n) is 6.01. The molecule has 0 atom stereocenters. The lowest BCUT2D eigenvalue weighted by molar-refractivity contribution is 0.487. The number of nitrogen functional groups attached to an aromatic ring is 1. The molecule has 3 nitrogen and oxygen atoms in total. The number of nitrogens with zero attached hydrogens (tertiary/aromatic N) is 1. The third-order valence-electron chi connectivity index (χ3n) is 2.93. The van der Waals surface area contributed by atoms with Crippen molar-refractivity contribution in [2.45, 2.75) is 0 Å². The number of fused-ring (bicyclic) bond motifs is 1. The van der Waals surface area contributed by atoms with Crippen LogP contribution in [0.15, 0.2) is 47.1 Å². The van der Waals surface area contributed by atoms with Gasteiger partial charge >= 0.3 is 0 Å². The van der Waals surface area contributed by atoms with E-state index in [2.05, 4.69) is 20.9 Å². The van der Waals surface area contributed by atoms with Crippen LogP contribution in [0.25, 0.3) is 10.9 Å². The fourth-order valence-corrected chi connectivity index (χ4v) is 2.73. The summed E-state index contributed by atoms with van der Waals surface area (Å²) < 4.78 is 6.70. The zero-order valence-electron chi connectivity index (χ0n) is 10.6. The molecule has 21 heavy (non-hydrogen) atoms. The van der Waals surface area contributed by atoms with Crippen LogP contribution in [0.3, 0.4) is 0 Å². The van der Waals surface area contributed by atoms with Crippen LogP contribution < -0.4 is 10.5 Å². The molecule has 3 aromatic rings. The van der Waals surface area contributed by atoms with Crippen molar-refractivity contribution >= 4 is 55.7 Å². The number of rotatable bonds is 2. The summed E-state index contributed by atoms with van der Waals surface area (Å²) in [5.74, 6) is 1.09. The summed E-state index contributed by atoms with van der Waals surface area (Å²) in [6.45, 7) is 0. The summed E-state index contributed by atoms with van der Waals surface area (Å²) in [6.07, 6.45) is 1.69. The Balaban J connectivity index is 2.11. The Morgan fingerprint density at radius 1 is 1.05 bits per heavy atom. The molecule has 2 N–H and O–H groups in total. The molecule has 1 aromatic heterocycles. The molecule has 0 saturated carbocycles. The van der Waals surface area contributed by atoms with Gasteiger partial charge in [0.1, 0.15) is 11.3 Å². The smallest absolute Gasteiger partial charge is 0.153 e. The Bertz CT molecular complexity index is 839. The van der Waals surface area contributed by atoms with E-state index in [0.29, 0.717) is 32.7 Å². The molecule has 2 aromatic carbocycles. The molecular weight excluding hydrogens is 375 g/mol. The highest BCUT2D eigenvalue weighted by Gasteiger charge is 2.10. The van der Waals surface area contributed by atoms with Crippen LogP contribution in [0, 0.1) is 0 Å². The van der Waals surface area contributed by atoms with Crippen LogP contribution in [0.5, 0.6) is 11.5 Å². The van der Waals surface area contributed by atoms with Crippen molar-refractivity contribution in [1.29, 1.82) is 0 Å². The molecule has 0 amide bonds. The summed E-state index contributed by atoms with van der Waals surface area (Å²) in [4.78, 5) is 4.36. The molecule has 106 valence electrons. The second kappa shape index (κ2) is 5.72. The van der Waals surface area contributed by atoms with Crippen molar-refractivity contribution in [2.24, 2.45) is 0 Å². The minimum atomic E-state index is 0.435. The highest BCUT2D eigenvalue weighted by molar-refractivity contribution is 9.10. The average Bonchev–Trinajstić information content (AvgIpc) is 2.45. The van der Waals surface area contributed by atoms with Crippen LogP contribution in [0.1, 0.15) is 0 Å². The Morgan fingerprint density at radius 2 is 1.81 bits per heavy atom. The largest absolute Gasteiger partial charge is 0.454 e. The van der Waals surface area contributed by atoms with Crippen molar-refractivity contribution in [3.63, 3.8) is 0 Å². The molecule has 0 spiro atoms. The van der Waals surface area contributed by atoms with E-state index in [-0.39, 0.29) is 0 Å². The lowest BCUT2D eigenvalue weighted by atomic mass is 10.1. The van der Waals surface area contributed by atoms with Gasteiger partial charge in [-0.15, -0.1) is 0 Å². The highest BCUT2D eigenvalue weighted by atomic mass is 79.9. The zero-order valence-corrected chi connectivity index (χ0v) is 13.7. The topological polar surface area (TPSA) is 48.1 Å². The van der Waals surface area contributed by atoms with Gasteiger partial charge in [-0.2, -0.15) is 0 Å². The number of hydrogen-bond donors (Lipinski definition) is 1. The van der Waals surface area contributed by atoms with E-state index >= 15 is 0 Å². The van der Waals surface area contributed by atoms with Gasteiger partial charge in [0.15, 0.2) is 5.75 Å². The molecule has 6 heteroatoms. The molecule has 0 aliphatic carbocycles. The monoisotopic (exact) mass is 382 g/mol. The normalized spacial score (nSPS) is 10.8. The molecule has 0 saturated heterocycles. The summed E-state index contributed by atoms with van der Waals surface area (Å²) in [5, 5.41) is 1.80. The number of halogens is 3. The molecule has 0 bridgehead atoms. The molecule has 3 rings (SSSR count). The molecule has 1 heterocycles. The van der Waals surface area contributed by atoms with E-state index < -0.39 is 0 Å². The Hall–Kier alpha value is -1.49. The van der Waals surface area contributed by atoms with E-state index in [1.165, 1.54) is 0 Å². The van der Waals surface area contributed by atoms with Crippen molar-refractivity contribution in [3.8, 4) is 11.5 Å². The first-order chi connectivity index (χ1) is 10.0. The maximum atomic E-state index is 6.13. The van der Waals surface area contributed by atoms with E-state index in [1.807, 2.05) is 6.07 Å².